The summed E-state index contributed by atoms with van der Waals surface area (Å²) in [6.07, 6.45) is 10.2. The van der Waals surface area contributed by atoms with Crippen molar-refractivity contribution in [3.8, 4) is 11.1 Å². The first-order valence-electron chi connectivity index (χ1n) is 18.1. The molecule has 49 heavy (non-hydrogen) atoms. The molecule has 1 unspecified atom stereocenters. The molecule has 6 heteroatoms. The van der Waals surface area contributed by atoms with Crippen molar-refractivity contribution < 1.29 is 25.6 Å². The molecule has 1 atom stereocenters. The van der Waals surface area contributed by atoms with Crippen LogP contribution in [0.15, 0.2) is 78.9 Å². The normalized spacial score (nSPS) is 14.4. The van der Waals surface area contributed by atoms with Crippen LogP contribution in [-0.2, 0) is 45.5 Å². The van der Waals surface area contributed by atoms with Gasteiger partial charge in [-0.05, 0) is 51.0 Å². The molecule has 0 aliphatic heterocycles. The van der Waals surface area contributed by atoms with Gasteiger partial charge in [-0.15, -0.1) is 33.7 Å². The zero-order valence-electron chi connectivity index (χ0n) is 30.2. The number of hydrogen-bond donors (Lipinski definition) is 0. The zero-order valence-corrected chi connectivity index (χ0v) is 35.2. The summed E-state index contributed by atoms with van der Waals surface area (Å²) in [5.74, 6) is 0. The van der Waals surface area contributed by atoms with Gasteiger partial charge in [-0.25, -0.2) is 6.07 Å². The number of benzene rings is 3. The van der Waals surface area contributed by atoms with Crippen molar-refractivity contribution in [2.75, 3.05) is 6.61 Å². The second-order valence-corrected chi connectivity index (χ2v) is 23.2. The molecule has 0 N–H and O–H groups in total. The Labute approximate surface area is 313 Å². The van der Waals surface area contributed by atoms with Crippen LogP contribution in [-0.4, -0.2) is 24.8 Å². The summed E-state index contributed by atoms with van der Waals surface area (Å²) in [5, 5.41) is 9.01. The molecule has 7 rings (SSSR count). The molecule has 0 radical (unpaired) electrons. The van der Waals surface area contributed by atoms with E-state index in [1.54, 1.807) is 21.5 Å². The number of aryl methyl sites for hydroxylation is 3. The van der Waals surface area contributed by atoms with Gasteiger partial charge in [-0.3, -0.25) is 0 Å². The van der Waals surface area contributed by atoms with Crippen molar-refractivity contribution in [3.63, 3.8) is 0 Å². The van der Waals surface area contributed by atoms with E-state index in [-0.39, 0.29) is 5.60 Å². The number of unbranched alkanes of at least 4 members (excludes halogenated alkanes) is 3. The summed E-state index contributed by atoms with van der Waals surface area (Å²) in [7, 11) is 10.0. The van der Waals surface area contributed by atoms with Gasteiger partial charge in [0.2, 0.25) is 0 Å². The topological polar surface area (TPSA) is 14.2 Å². The molecule has 1 heterocycles. The summed E-state index contributed by atoms with van der Waals surface area (Å²) in [6.45, 7) is 12.4. The van der Waals surface area contributed by atoms with Crippen LogP contribution in [0.1, 0.15) is 76.0 Å². The van der Waals surface area contributed by atoms with E-state index in [0.29, 0.717) is 0 Å². The molecule has 6 aromatic rings. The van der Waals surface area contributed by atoms with Gasteiger partial charge in [0.25, 0.3) is 0 Å². The van der Waals surface area contributed by atoms with Crippen molar-refractivity contribution in [1.82, 2.24) is 4.57 Å². The molecular weight excluding hydrogens is 737 g/mol. The van der Waals surface area contributed by atoms with E-state index in [9.17, 15) is 0 Å². The number of para-hydroxylation sites is 1. The third-order valence-electron chi connectivity index (χ3n) is 10.9. The van der Waals surface area contributed by atoms with E-state index in [1.165, 1.54) is 100 Å². The Kier molecular flexibility index (Phi) is 11.8. The van der Waals surface area contributed by atoms with Gasteiger partial charge in [0.05, 0.1) is 5.60 Å². The van der Waals surface area contributed by atoms with E-state index in [1.807, 2.05) is 0 Å². The third-order valence-corrected chi connectivity index (χ3v) is 15.7. The zero-order chi connectivity index (χ0) is 34.8. The standard InChI is InChI=1S/C43H51NOSi.2ClH.Zr/c1-30-28-37-33(32-22-24-40-38(29-32)35-18-11-12-21-39(35)44(40)5)19-15-20-36(37)42(30)46(6,27-14-8-7-13-26-45-43(2,3)4)41-25-23-31-16-9-10-17-34(31)41;;;/h11-12,15,18-25,28-29H,7-10,13-14,16-17,26-27H2,1-6H3;2*1H;/q-2;;;+4/p-2. The fourth-order valence-electron chi connectivity index (χ4n) is 8.69. The minimum atomic E-state index is -2.02. The minimum absolute atomic E-state index is 0.0434. The maximum atomic E-state index is 6.02. The van der Waals surface area contributed by atoms with Crippen molar-refractivity contribution in [3.05, 3.63) is 95.6 Å². The van der Waals surface area contributed by atoms with Crippen LogP contribution >= 0.6 is 17.0 Å². The third kappa shape index (κ3) is 7.66. The first-order valence-corrected chi connectivity index (χ1v) is 27.2. The molecule has 0 bridgehead atoms. The van der Waals surface area contributed by atoms with Crippen molar-refractivity contribution in [2.45, 2.75) is 97.3 Å². The molecule has 1 aliphatic carbocycles. The summed E-state index contributed by atoms with van der Waals surface area (Å²) in [6, 6.07) is 31.9. The van der Waals surface area contributed by atoms with Gasteiger partial charge in [-0.1, -0.05) is 100 Å². The van der Waals surface area contributed by atoms with Crippen LogP contribution < -0.4 is 10.4 Å². The predicted molar refractivity (Wildman–Crippen MR) is 214 cm³/mol. The van der Waals surface area contributed by atoms with Gasteiger partial charge in [0.15, 0.2) is 0 Å². The van der Waals surface area contributed by atoms with E-state index < -0.39 is 28.9 Å². The molecule has 0 fully saturated rings. The molecule has 0 amide bonds. The predicted octanol–water partition coefficient (Wildman–Crippen LogP) is 11.7. The summed E-state index contributed by atoms with van der Waals surface area (Å²) >= 11 is -0.826. The SMILES string of the molecule is Cc1cc2c(-c3ccc4c(c3)c3ccccc3n4C)cccc2[c-]1[Si](C)(CCCCCCOC(C)(C)C)[c-]1ccc2c1CCCC2.[Cl][Zr+2][Cl]. The summed E-state index contributed by atoms with van der Waals surface area (Å²) in [5.41, 5.74) is 10.1. The quantitative estimate of drug-likeness (QED) is 0.0766. The number of hydrogen-bond acceptors (Lipinski definition) is 1. The molecule has 256 valence electrons. The Hall–Kier alpha value is -1.94. The van der Waals surface area contributed by atoms with Crippen LogP contribution in [0.25, 0.3) is 43.7 Å². The van der Waals surface area contributed by atoms with E-state index >= 15 is 0 Å². The Balaban J connectivity index is 0.00000134. The van der Waals surface area contributed by atoms with Gasteiger partial charge in [-0.2, -0.15) is 28.4 Å². The average Bonchev–Trinajstić information content (AvgIpc) is 3.76. The number of aromatic nitrogens is 1. The summed E-state index contributed by atoms with van der Waals surface area (Å²) in [4.78, 5) is 0. The fourth-order valence-corrected chi connectivity index (χ4v) is 13.6. The van der Waals surface area contributed by atoms with Gasteiger partial charge in [0, 0.05) is 43.5 Å². The monoisotopic (exact) mass is 785 g/mol. The number of rotatable bonds is 10. The van der Waals surface area contributed by atoms with Crippen molar-refractivity contribution in [2.24, 2.45) is 7.05 Å². The molecule has 1 aromatic heterocycles. The van der Waals surface area contributed by atoms with E-state index in [4.69, 9.17) is 21.8 Å². The number of halogens is 2. The van der Waals surface area contributed by atoms with Crippen LogP contribution in [0.5, 0.6) is 0 Å². The van der Waals surface area contributed by atoms with Gasteiger partial charge < -0.3 is 9.30 Å². The van der Waals surface area contributed by atoms with Crippen LogP contribution in [0.3, 0.4) is 0 Å². The second kappa shape index (κ2) is 15.7. The van der Waals surface area contributed by atoms with Crippen molar-refractivity contribution in [1.29, 1.82) is 0 Å². The molecule has 0 saturated carbocycles. The van der Waals surface area contributed by atoms with Crippen LogP contribution in [0.4, 0.5) is 0 Å². The Morgan fingerprint density at radius 1 is 0.837 bits per heavy atom. The Morgan fingerprint density at radius 3 is 2.37 bits per heavy atom. The van der Waals surface area contributed by atoms with Crippen molar-refractivity contribution >= 4 is 68.1 Å². The van der Waals surface area contributed by atoms with E-state index in [0.717, 1.165) is 13.0 Å². The average molecular weight is 788 g/mol. The molecule has 0 spiro atoms. The summed E-state index contributed by atoms with van der Waals surface area (Å²) < 4.78 is 8.35. The van der Waals surface area contributed by atoms with Crippen LogP contribution in [0.2, 0.25) is 12.6 Å². The molecular formula is C43H51Cl2NOSiZr. The first kappa shape index (κ1) is 36.8. The van der Waals surface area contributed by atoms with Gasteiger partial charge >= 0.3 is 37.9 Å². The Bertz CT molecular complexity index is 2050. The van der Waals surface area contributed by atoms with Crippen LogP contribution in [0, 0.1) is 6.92 Å². The molecule has 2 nitrogen and oxygen atoms in total. The number of ether oxygens (including phenoxy) is 1. The molecule has 1 aliphatic rings. The Morgan fingerprint density at radius 2 is 1.57 bits per heavy atom. The fraction of sp³-hybridized carbons (Fsp3) is 0.395. The molecule has 5 aromatic carbocycles. The number of nitrogens with zero attached hydrogens (tertiary/aromatic N) is 1. The molecule has 0 saturated heterocycles. The maximum absolute atomic E-state index is 6.02. The van der Waals surface area contributed by atoms with E-state index in [2.05, 4.69) is 125 Å². The number of fused-ring (bicyclic) bond motifs is 5. The second-order valence-electron chi connectivity index (χ2n) is 15.3. The first-order chi connectivity index (χ1) is 23.6. The van der Waals surface area contributed by atoms with Gasteiger partial charge in [0.1, 0.15) is 0 Å².